The molecule has 1 aliphatic heterocycles. The average Bonchev–Trinajstić information content (AvgIpc) is 3.40. The van der Waals surface area contributed by atoms with Crippen molar-refractivity contribution in [3.63, 3.8) is 0 Å². The van der Waals surface area contributed by atoms with Crippen LogP contribution in [0.15, 0.2) is 41.4 Å². The zero-order chi connectivity index (χ0) is 40.0. The number of hydrogen-bond donors (Lipinski definition) is 1. The summed E-state index contributed by atoms with van der Waals surface area (Å²) in [5.41, 5.74) is -3.09. The Kier molecular flexibility index (Phi) is 17.0. The predicted octanol–water partition coefficient (Wildman–Crippen LogP) is 10.3. The van der Waals surface area contributed by atoms with Gasteiger partial charge >= 0.3 is 24.6 Å². The fourth-order valence-electron chi connectivity index (χ4n) is 4.00. The fraction of sp³-hybridized carbons (Fsp3) is 0.515. The van der Waals surface area contributed by atoms with Crippen molar-refractivity contribution in [2.45, 2.75) is 110 Å². The second-order valence-electron chi connectivity index (χ2n) is 11.5. The summed E-state index contributed by atoms with van der Waals surface area (Å²) in [4.78, 5) is 36.5. The Balaban J connectivity index is 0.000000822. The van der Waals surface area contributed by atoms with Gasteiger partial charge < -0.3 is 10.1 Å². The van der Waals surface area contributed by atoms with E-state index >= 15 is 0 Å². The van der Waals surface area contributed by atoms with E-state index in [0.29, 0.717) is 31.2 Å². The number of halogens is 11. The molecule has 6 nitrogen and oxygen atoms in total. The first kappa shape index (κ1) is 44.0. The minimum Gasteiger partial charge on any atom is -0.444 e. The molecular formula is C33H39F11N2O4. The van der Waals surface area contributed by atoms with Crippen LogP contribution in [0.5, 0.6) is 0 Å². The Morgan fingerprint density at radius 1 is 0.960 bits per heavy atom. The van der Waals surface area contributed by atoms with E-state index in [1.807, 2.05) is 6.92 Å². The molecule has 282 valence electrons. The maximum atomic E-state index is 13.1. The lowest BCUT2D eigenvalue weighted by Crippen LogP contribution is -2.37. The van der Waals surface area contributed by atoms with Gasteiger partial charge in [0.1, 0.15) is 17.2 Å². The normalized spacial score (nSPS) is 15.3. The summed E-state index contributed by atoms with van der Waals surface area (Å²) in [6.07, 6.45) is -14.6. The SMILES string of the molecule is CC(CCC(=O)c1ccc(F)cc1C(F)(F)F)NC(=O)OC(C)(C)C.CC1CCC(c2ccc(F)cc2C(F)(F)F)=N1.O=CC(F)(F)F.[2H]CC. The van der Waals surface area contributed by atoms with Gasteiger partial charge in [-0.15, -0.1) is 0 Å². The third-order valence-corrected chi connectivity index (χ3v) is 6.06. The number of amides is 1. The zero-order valence-corrected chi connectivity index (χ0v) is 28.0. The smallest absolute Gasteiger partial charge is 0.444 e. The van der Waals surface area contributed by atoms with Crippen molar-refractivity contribution in [1.29, 1.82) is 0 Å². The number of hydrogen-bond acceptors (Lipinski definition) is 5. The Bertz CT molecular complexity index is 1470. The molecule has 1 N–H and O–H groups in total. The van der Waals surface area contributed by atoms with Crippen LogP contribution < -0.4 is 5.32 Å². The maximum absolute atomic E-state index is 13.1. The molecule has 0 aromatic heterocycles. The Morgan fingerprint density at radius 2 is 1.44 bits per heavy atom. The monoisotopic (exact) mass is 737 g/mol. The number of rotatable bonds is 6. The van der Waals surface area contributed by atoms with Crippen molar-refractivity contribution in [2.24, 2.45) is 4.99 Å². The van der Waals surface area contributed by atoms with E-state index in [2.05, 4.69) is 10.3 Å². The summed E-state index contributed by atoms with van der Waals surface area (Å²) in [6.45, 7) is 10.8. The van der Waals surface area contributed by atoms with Gasteiger partial charge in [-0.25, -0.2) is 13.6 Å². The lowest BCUT2D eigenvalue weighted by Gasteiger charge is -2.22. The van der Waals surface area contributed by atoms with Gasteiger partial charge in [0.15, 0.2) is 5.78 Å². The van der Waals surface area contributed by atoms with E-state index in [9.17, 15) is 57.9 Å². The Hall–Kier alpha value is -4.05. The van der Waals surface area contributed by atoms with Crippen LogP contribution in [-0.2, 0) is 21.9 Å². The quantitative estimate of drug-likeness (QED) is 0.182. The Labute approximate surface area is 283 Å². The van der Waals surface area contributed by atoms with Crippen molar-refractivity contribution >= 4 is 23.9 Å². The topological polar surface area (TPSA) is 84.8 Å². The number of alkyl carbamates (subject to hydrolysis) is 1. The maximum Gasteiger partial charge on any atom is 0.446 e. The number of ether oxygens (including phenoxy) is 1. The van der Waals surface area contributed by atoms with E-state index in [4.69, 9.17) is 10.9 Å². The third-order valence-electron chi connectivity index (χ3n) is 6.06. The molecule has 0 bridgehead atoms. The van der Waals surface area contributed by atoms with E-state index < -0.39 is 76.7 Å². The van der Waals surface area contributed by atoms with Gasteiger partial charge in [-0.05, 0) is 90.3 Å². The molecule has 2 atom stereocenters. The van der Waals surface area contributed by atoms with Gasteiger partial charge in [-0.2, -0.15) is 39.5 Å². The molecule has 50 heavy (non-hydrogen) atoms. The average molecular weight is 738 g/mol. The molecular weight excluding hydrogens is 697 g/mol. The highest BCUT2D eigenvalue weighted by Gasteiger charge is 2.36. The van der Waals surface area contributed by atoms with Crippen LogP contribution in [0.4, 0.5) is 53.1 Å². The van der Waals surface area contributed by atoms with Crippen LogP contribution in [0.25, 0.3) is 0 Å². The molecule has 0 saturated heterocycles. The Morgan fingerprint density at radius 3 is 1.86 bits per heavy atom. The van der Waals surface area contributed by atoms with Crippen LogP contribution in [0.3, 0.4) is 0 Å². The van der Waals surface area contributed by atoms with Crippen molar-refractivity contribution in [3.8, 4) is 0 Å². The van der Waals surface area contributed by atoms with Crippen LogP contribution >= 0.6 is 0 Å². The predicted molar refractivity (Wildman–Crippen MR) is 164 cm³/mol. The molecule has 1 amide bonds. The molecule has 0 radical (unpaired) electrons. The summed E-state index contributed by atoms with van der Waals surface area (Å²) >= 11 is 0. The number of ketones is 1. The van der Waals surface area contributed by atoms with Crippen molar-refractivity contribution in [3.05, 3.63) is 70.3 Å². The second-order valence-corrected chi connectivity index (χ2v) is 11.5. The second kappa shape index (κ2) is 19.4. The molecule has 2 aromatic rings. The zero-order valence-electron chi connectivity index (χ0n) is 29.0. The fourth-order valence-corrected chi connectivity index (χ4v) is 4.00. The summed E-state index contributed by atoms with van der Waals surface area (Å²) in [7, 11) is 0. The molecule has 1 heterocycles. The van der Waals surface area contributed by atoms with Crippen LogP contribution in [-0.4, -0.2) is 47.7 Å². The molecule has 0 saturated carbocycles. The van der Waals surface area contributed by atoms with Gasteiger partial charge in [-0.1, -0.05) is 13.8 Å². The van der Waals surface area contributed by atoms with E-state index in [1.54, 1.807) is 34.6 Å². The van der Waals surface area contributed by atoms with Gasteiger partial charge in [0.05, 0.1) is 11.1 Å². The standard InChI is InChI=1S/C17H21F4NO3.C12H11F4N.C2HF3O.C2H6/c1-10(22-15(24)25-16(2,3)4)5-8-14(23)12-7-6-11(18)9-13(12)17(19,20)21;1-7-2-5-11(17-7)9-4-3-8(13)6-10(9)12(14,15)16;3-2(4,5)1-6;1-2/h6-7,9-10H,5,8H2,1-4H3,(H,22,24);3-4,6-7H,2,5H2,1H3;1H;1-2H3/i;;;1D. The number of benzene rings is 2. The number of aliphatic imine (C=N–C) groups is 1. The summed E-state index contributed by atoms with van der Waals surface area (Å²) in [5, 5.41) is 2.50. The number of nitrogens with zero attached hydrogens (tertiary/aromatic N) is 1. The molecule has 1 aliphatic rings. The van der Waals surface area contributed by atoms with E-state index in [-0.39, 0.29) is 24.4 Å². The largest absolute Gasteiger partial charge is 0.446 e. The molecule has 3 rings (SSSR count). The summed E-state index contributed by atoms with van der Waals surface area (Å²) in [6, 6.07) is 4.23. The lowest BCUT2D eigenvalue weighted by molar-refractivity contribution is -0.156. The number of carbonyl (C=O) groups is 3. The number of aldehydes is 1. The molecule has 2 unspecified atom stereocenters. The van der Waals surface area contributed by atoms with Gasteiger partial charge in [0, 0.05) is 36.7 Å². The third kappa shape index (κ3) is 17.6. The highest BCUT2D eigenvalue weighted by atomic mass is 19.4. The van der Waals surface area contributed by atoms with E-state index in [1.165, 1.54) is 0 Å². The first-order valence-electron chi connectivity index (χ1n) is 15.5. The summed E-state index contributed by atoms with van der Waals surface area (Å²) in [5.74, 6) is -2.72. The molecule has 0 aliphatic carbocycles. The lowest BCUT2D eigenvalue weighted by atomic mass is 9.98. The van der Waals surface area contributed by atoms with E-state index in [0.717, 1.165) is 30.7 Å². The van der Waals surface area contributed by atoms with Gasteiger partial charge in [-0.3, -0.25) is 14.6 Å². The van der Waals surface area contributed by atoms with Crippen molar-refractivity contribution in [1.82, 2.24) is 5.32 Å². The first-order chi connectivity index (χ1) is 23.1. The van der Waals surface area contributed by atoms with Gasteiger partial charge in [0.2, 0.25) is 6.29 Å². The van der Waals surface area contributed by atoms with Crippen LogP contribution in [0, 0.1) is 11.6 Å². The molecule has 0 fully saturated rings. The van der Waals surface area contributed by atoms with Gasteiger partial charge in [0.25, 0.3) is 0 Å². The van der Waals surface area contributed by atoms with Crippen LogP contribution in [0.2, 0.25) is 0 Å². The highest BCUT2D eigenvalue weighted by molar-refractivity contribution is 6.03. The molecule has 0 spiro atoms. The number of nitrogens with one attached hydrogen (secondary N) is 1. The highest BCUT2D eigenvalue weighted by Crippen LogP contribution is 2.35. The number of carbonyl (C=O) groups excluding carboxylic acids is 3. The molecule has 17 heteroatoms. The number of alkyl halides is 9. The van der Waals surface area contributed by atoms with Crippen LogP contribution in [0.1, 0.15) is 103 Å². The van der Waals surface area contributed by atoms with Crippen molar-refractivity contribution < 1.29 is 68.8 Å². The number of Topliss-reactive ketones (excluding diaryl/α,β-unsaturated/α-hetero) is 1. The first-order valence-corrected chi connectivity index (χ1v) is 14.8. The minimum absolute atomic E-state index is 0.00301. The van der Waals surface area contributed by atoms with Crippen molar-refractivity contribution in [2.75, 3.05) is 0 Å². The minimum atomic E-state index is -4.83. The summed E-state index contributed by atoms with van der Waals surface area (Å²) < 4.78 is 146. The molecule has 2 aromatic carbocycles.